The molecule has 15 nitrogen and oxygen atoms in total. The first-order valence-corrected chi connectivity index (χ1v) is 14.3. The molecule has 0 aliphatic rings. The number of carbonyl (C=O) groups excluding carboxylic acids is 4. The summed E-state index contributed by atoms with van der Waals surface area (Å²) in [5.74, 6) is -1.96. The number of fused-ring (bicyclic) bond motifs is 1. The van der Waals surface area contributed by atoms with E-state index in [0.29, 0.717) is 10.6 Å². The number of hydrogen-bond donors (Lipinski definition) is 2. The number of imidazole rings is 1. The van der Waals surface area contributed by atoms with Gasteiger partial charge in [-0.15, -0.1) is 0 Å². The van der Waals surface area contributed by atoms with Gasteiger partial charge in [0.15, 0.2) is 17.0 Å². The highest BCUT2D eigenvalue weighted by Gasteiger charge is 2.35. The Hall–Kier alpha value is -5.12. The summed E-state index contributed by atoms with van der Waals surface area (Å²) in [7, 11) is 0. The molecule has 2 N–H and O–H groups in total. The SMILES string of the molecule is C[C@H](NC(=O)c1c(Cl)ccn1NC(=O)Cn1cnc2c(N(C(=O)OC(C)(C)C)C(=O)OC(C)(C)C)ncnc21)c1ccc(F)cn1. The molecule has 0 saturated carbocycles. The van der Waals surface area contributed by atoms with Crippen LogP contribution in [0.25, 0.3) is 11.2 Å². The Labute approximate surface area is 268 Å². The third-order valence-electron chi connectivity index (χ3n) is 5.90. The van der Waals surface area contributed by atoms with Gasteiger partial charge >= 0.3 is 12.2 Å². The fourth-order valence-corrected chi connectivity index (χ4v) is 4.27. The minimum atomic E-state index is -1.05. The lowest BCUT2D eigenvalue weighted by Gasteiger charge is -2.28. The van der Waals surface area contributed by atoms with Gasteiger partial charge in [-0.05, 0) is 66.7 Å². The second-order valence-electron chi connectivity index (χ2n) is 12.1. The van der Waals surface area contributed by atoms with E-state index in [0.717, 1.165) is 17.2 Å². The van der Waals surface area contributed by atoms with Crippen molar-refractivity contribution < 1.29 is 33.0 Å². The first kappa shape index (κ1) is 33.8. The summed E-state index contributed by atoms with van der Waals surface area (Å²) >= 11 is 6.26. The molecular weight excluding hydrogens is 625 g/mol. The zero-order valence-corrected chi connectivity index (χ0v) is 26.9. The highest BCUT2D eigenvalue weighted by atomic mass is 35.5. The molecule has 4 rings (SSSR count). The molecule has 0 bridgehead atoms. The minimum absolute atomic E-state index is 0.0134. The molecule has 0 spiro atoms. The predicted octanol–water partition coefficient (Wildman–Crippen LogP) is 4.75. The molecule has 0 saturated heterocycles. The van der Waals surface area contributed by atoms with Crippen molar-refractivity contribution in [2.45, 2.75) is 72.3 Å². The monoisotopic (exact) mass is 657 g/mol. The summed E-state index contributed by atoms with van der Waals surface area (Å²) in [4.78, 5) is 69.6. The molecule has 1 atom stereocenters. The van der Waals surface area contributed by atoms with Gasteiger partial charge in [-0.3, -0.25) is 24.7 Å². The molecule has 244 valence electrons. The quantitative estimate of drug-likeness (QED) is 0.282. The molecule has 17 heteroatoms. The Bertz CT molecular complexity index is 1750. The summed E-state index contributed by atoms with van der Waals surface area (Å²) in [5, 5.41) is 2.77. The van der Waals surface area contributed by atoms with Crippen LogP contribution in [0.15, 0.2) is 43.2 Å². The van der Waals surface area contributed by atoms with E-state index in [1.165, 1.54) is 35.3 Å². The summed E-state index contributed by atoms with van der Waals surface area (Å²) in [6, 6.07) is 3.48. The van der Waals surface area contributed by atoms with Crippen molar-refractivity contribution in [3.63, 3.8) is 0 Å². The molecule has 0 unspecified atom stereocenters. The smallest absolute Gasteiger partial charge is 0.425 e. The molecule has 0 radical (unpaired) electrons. The number of carbonyl (C=O) groups is 4. The van der Waals surface area contributed by atoms with Crippen molar-refractivity contribution >= 4 is 52.6 Å². The second kappa shape index (κ2) is 13.1. The normalized spacial score (nSPS) is 12.4. The number of anilines is 1. The number of halogens is 2. The maximum absolute atomic E-state index is 13.2. The van der Waals surface area contributed by atoms with Crippen LogP contribution in [0.4, 0.5) is 19.8 Å². The van der Waals surface area contributed by atoms with Gasteiger partial charge in [0.25, 0.3) is 11.8 Å². The molecule has 4 heterocycles. The molecule has 4 amide bonds. The second-order valence-corrected chi connectivity index (χ2v) is 12.5. The van der Waals surface area contributed by atoms with Gasteiger partial charge in [0.1, 0.15) is 35.6 Å². The van der Waals surface area contributed by atoms with Crippen LogP contribution in [-0.2, 0) is 20.8 Å². The third kappa shape index (κ3) is 8.12. The van der Waals surface area contributed by atoms with E-state index >= 15 is 0 Å². The molecule has 0 fully saturated rings. The Morgan fingerprint density at radius 3 is 2.22 bits per heavy atom. The zero-order valence-electron chi connectivity index (χ0n) is 26.2. The topological polar surface area (TPSA) is 175 Å². The number of imide groups is 1. The molecule has 0 aliphatic carbocycles. The molecular formula is C29H33ClFN9O6. The van der Waals surface area contributed by atoms with Crippen molar-refractivity contribution in [1.29, 1.82) is 0 Å². The van der Waals surface area contributed by atoms with E-state index in [1.54, 1.807) is 48.5 Å². The van der Waals surface area contributed by atoms with Gasteiger partial charge in [-0.1, -0.05) is 11.6 Å². The Morgan fingerprint density at radius 1 is 0.978 bits per heavy atom. The van der Waals surface area contributed by atoms with Crippen molar-refractivity contribution in [1.82, 2.24) is 34.5 Å². The number of aromatic nitrogens is 6. The summed E-state index contributed by atoms with van der Waals surface area (Å²) in [5.41, 5.74) is 1.16. The largest absolute Gasteiger partial charge is 0.443 e. The van der Waals surface area contributed by atoms with Crippen LogP contribution in [0.2, 0.25) is 5.02 Å². The van der Waals surface area contributed by atoms with E-state index in [-0.39, 0.29) is 34.2 Å². The summed E-state index contributed by atoms with van der Waals surface area (Å²) in [6.45, 7) is 11.1. The lowest BCUT2D eigenvalue weighted by molar-refractivity contribution is -0.117. The van der Waals surface area contributed by atoms with E-state index in [4.69, 9.17) is 21.1 Å². The number of rotatable bonds is 7. The standard InChI is InChI=1S/C29H33ClFN9O6/c1-16(19-9-8-17(31)12-32-19)36-25(42)22-18(30)10-11-39(22)37-20(41)13-38-15-35-21-23(38)33-14-34-24(21)40(26(43)45-28(2,3)4)27(44)46-29(5,6)7/h8-12,14-16H,13H2,1-7H3,(H,36,42)(H,37,41)/t16-/m0/s1. The maximum Gasteiger partial charge on any atom is 0.425 e. The van der Waals surface area contributed by atoms with E-state index < -0.39 is 47.1 Å². The van der Waals surface area contributed by atoms with Crippen LogP contribution in [0, 0.1) is 5.82 Å². The van der Waals surface area contributed by atoms with Gasteiger partial charge in [-0.25, -0.2) is 28.9 Å². The van der Waals surface area contributed by atoms with Crippen LogP contribution in [0.5, 0.6) is 0 Å². The number of amides is 4. The summed E-state index contributed by atoms with van der Waals surface area (Å²) < 4.78 is 26.6. The van der Waals surface area contributed by atoms with Crippen LogP contribution in [0.3, 0.4) is 0 Å². The lowest BCUT2D eigenvalue weighted by atomic mass is 10.2. The third-order valence-corrected chi connectivity index (χ3v) is 6.20. The van der Waals surface area contributed by atoms with Crippen molar-refractivity contribution in [3.8, 4) is 0 Å². The van der Waals surface area contributed by atoms with E-state index in [9.17, 15) is 23.6 Å². The van der Waals surface area contributed by atoms with Crippen molar-refractivity contribution in [2.75, 3.05) is 10.3 Å². The molecule has 4 aromatic rings. The fourth-order valence-electron chi connectivity index (χ4n) is 4.04. The average molecular weight is 658 g/mol. The van der Waals surface area contributed by atoms with Gasteiger partial charge in [-0.2, -0.15) is 4.90 Å². The van der Waals surface area contributed by atoms with Crippen LogP contribution < -0.4 is 15.6 Å². The zero-order chi connectivity index (χ0) is 34.0. The fraction of sp³-hybridized carbons (Fsp3) is 0.379. The Balaban J connectivity index is 1.56. The van der Waals surface area contributed by atoms with Crippen LogP contribution in [0.1, 0.15) is 70.7 Å². The lowest BCUT2D eigenvalue weighted by Crippen LogP contribution is -2.44. The average Bonchev–Trinajstić information content (AvgIpc) is 3.50. The maximum atomic E-state index is 13.2. The highest BCUT2D eigenvalue weighted by Crippen LogP contribution is 2.26. The number of ether oxygens (including phenoxy) is 2. The van der Waals surface area contributed by atoms with Gasteiger partial charge in [0.05, 0.1) is 29.3 Å². The number of nitrogens with one attached hydrogen (secondary N) is 2. The number of hydrogen-bond acceptors (Lipinski definition) is 10. The van der Waals surface area contributed by atoms with Gasteiger partial charge in [0, 0.05) is 6.20 Å². The predicted molar refractivity (Wildman–Crippen MR) is 164 cm³/mol. The van der Waals surface area contributed by atoms with Gasteiger partial charge < -0.3 is 19.4 Å². The first-order chi connectivity index (χ1) is 21.4. The minimum Gasteiger partial charge on any atom is -0.443 e. The van der Waals surface area contributed by atoms with Crippen LogP contribution in [-0.4, -0.2) is 64.4 Å². The first-order valence-electron chi connectivity index (χ1n) is 13.9. The Morgan fingerprint density at radius 2 is 1.63 bits per heavy atom. The highest BCUT2D eigenvalue weighted by molar-refractivity contribution is 6.33. The molecule has 0 aliphatic heterocycles. The molecule has 46 heavy (non-hydrogen) atoms. The Kier molecular flexibility index (Phi) is 9.60. The summed E-state index contributed by atoms with van der Waals surface area (Å²) in [6.07, 6.45) is 2.71. The molecule has 0 aromatic carbocycles. The molecule has 4 aromatic heterocycles. The van der Waals surface area contributed by atoms with E-state index in [2.05, 4.69) is 30.7 Å². The number of pyridine rings is 1. The van der Waals surface area contributed by atoms with Crippen LogP contribution >= 0.6 is 11.6 Å². The van der Waals surface area contributed by atoms with Crippen molar-refractivity contribution in [2.24, 2.45) is 0 Å². The van der Waals surface area contributed by atoms with Gasteiger partial charge in [0.2, 0.25) is 0 Å². The van der Waals surface area contributed by atoms with Crippen molar-refractivity contribution in [3.05, 3.63) is 65.5 Å². The number of nitrogens with zero attached hydrogens (tertiary/aromatic N) is 7. The van der Waals surface area contributed by atoms with E-state index in [1.807, 2.05) is 0 Å².